The lowest BCUT2D eigenvalue weighted by Gasteiger charge is -2.31. The maximum absolute atomic E-state index is 12.7. The van der Waals surface area contributed by atoms with Gasteiger partial charge in [-0.1, -0.05) is 29.3 Å². The zero-order valence-corrected chi connectivity index (χ0v) is 14.8. The van der Waals surface area contributed by atoms with Gasteiger partial charge in [0, 0.05) is 25.2 Å². The van der Waals surface area contributed by atoms with Crippen LogP contribution in [0.2, 0.25) is 10.2 Å². The summed E-state index contributed by atoms with van der Waals surface area (Å²) in [5.41, 5.74) is 1.05. The van der Waals surface area contributed by atoms with Gasteiger partial charge in [0.15, 0.2) is 5.65 Å². The van der Waals surface area contributed by atoms with E-state index in [2.05, 4.69) is 15.2 Å². The van der Waals surface area contributed by atoms with E-state index in [4.69, 9.17) is 23.2 Å². The fourth-order valence-corrected chi connectivity index (χ4v) is 3.53. The van der Waals surface area contributed by atoms with Crippen molar-refractivity contribution in [3.8, 4) is 0 Å². The second-order valence-electron chi connectivity index (χ2n) is 6.02. The van der Waals surface area contributed by atoms with Crippen LogP contribution in [0.1, 0.15) is 35.1 Å². The first-order valence-electron chi connectivity index (χ1n) is 8.04. The second-order valence-corrected chi connectivity index (χ2v) is 6.81. The minimum Gasteiger partial charge on any atom is -0.337 e. The molecule has 0 unspecified atom stereocenters. The summed E-state index contributed by atoms with van der Waals surface area (Å²) in [5, 5.41) is 9.12. The number of carbonyl (C=O) groups is 1. The summed E-state index contributed by atoms with van der Waals surface area (Å²) in [6, 6.07) is 9.01. The van der Waals surface area contributed by atoms with Gasteiger partial charge in [0.2, 0.25) is 0 Å². The number of likely N-dealkylation sites (tertiary alicyclic amines) is 1. The van der Waals surface area contributed by atoms with Gasteiger partial charge in [-0.05, 0) is 37.1 Å². The average molecular weight is 376 g/mol. The predicted octanol–water partition coefficient (Wildman–Crippen LogP) is 3.45. The molecule has 0 spiro atoms. The third-order valence-corrected chi connectivity index (χ3v) is 5.02. The predicted molar refractivity (Wildman–Crippen MR) is 95.1 cm³/mol. The molecule has 0 saturated carbocycles. The molecule has 4 rings (SSSR count). The molecule has 0 aliphatic carbocycles. The number of hydrogen-bond acceptors (Lipinski definition) is 4. The third kappa shape index (κ3) is 3.07. The maximum atomic E-state index is 12.7. The first kappa shape index (κ1) is 16.3. The Morgan fingerprint density at radius 1 is 1.08 bits per heavy atom. The molecule has 1 aliphatic heterocycles. The van der Waals surface area contributed by atoms with Crippen LogP contribution in [0.15, 0.2) is 36.5 Å². The fraction of sp³-hybridized carbons (Fsp3) is 0.294. The molecule has 0 N–H and O–H groups in total. The number of fused-ring (bicyclic) bond motifs is 1. The van der Waals surface area contributed by atoms with E-state index in [1.807, 2.05) is 28.8 Å². The van der Waals surface area contributed by atoms with E-state index in [0.29, 0.717) is 18.1 Å². The minimum atomic E-state index is -0.183. The molecule has 1 aliphatic rings. The summed E-state index contributed by atoms with van der Waals surface area (Å²) in [6.45, 7) is 1.24. The minimum absolute atomic E-state index is 0.183. The summed E-state index contributed by atoms with van der Waals surface area (Å²) in [5.74, 6) is 1.03. The molecule has 0 bridgehead atoms. The Hall–Kier alpha value is -2.18. The molecule has 25 heavy (non-hydrogen) atoms. The smallest absolute Gasteiger partial charge is 0.274 e. The molecular formula is C17H15Cl2N5O. The molecule has 0 aromatic carbocycles. The highest BCUT2D eigenvalue weighted by Gasteiger charge is 2.28. The monoisotopic (exact) mass is 375 g/mol. The van der Waals surface area contributed by atoms with Gasteiger partial charge >= 0.3 is 0 Å². The van der Waals surface area contributed by atoms with Gasteiger partial charge in [-0.3, -0.25) is 9.20 Å². The van der Waals surface area contributed by atoms with Crippen molar-refractivity contribution in [3.05, 3.63) is 58.2 Å². The van der Waals surface area contributed by atoms with Crippen LogP contribution in [0.25, 0.3) is 5.65 Å². The van der Waals surface area contributed by atoms with Crippen LogP contribution in [0.3, 0.4) is 0 Å². The molecule has 6 nitrogen and oxygen atoms in total. The van der Waals surface area contributed by atoms with Crippen molar-refractivity contribution in [1.29, 1.82) is 0 Å². The number of nitrogens with zero attached hydrogens (tertiary/aromatic N) is 5. The molecule has 0 atom stereocenters. The van der Waals surface area contributed by atoms with Crippen LogP contribution in [-0.4, -0.2) is 43.5 Å². The zero-order valence-electron chi connectivity index (χ0n) is 13.3. The molecule has 3 aromatic rings. The van der Waals surface area contributed by atoms with Crippen LogP contribution < -0.4 is 0 Å². The van der Waals surface area contributed by atoms with Crippen molar-refractivity contribution in [2.75, 3.05) is 13.1 Å². The number of piperidine rings is 1. The molecule has 0 radical (unpaired) electrons. The molecule has 128 valence electrons. The lowest BCUT2D eigenvalue weighted by atomic mass is 9.95. The molecule has 3 aromatic heterocycles. The number of carbonyl (C=O) groups excluding carboxylic acids is 1. The van der Waals surface area contributed by atoms with Crippen molar-refractivity contribution in [3.63, 3.8) is 0 Å². The second kappa shape index (κ2) is 6.61. The number of amides is 1. The van der Waals surface area contributed by atoms with Crippen molar-refractivity contribution in [2.45, 2.75) is 18.8 Å². The van der Waals surface area contributed by atoms with Crippen LogP contribution in [0.5, 0.6) is 0 Å². The van der Waals surface area contributed by atoms with E-state index in [0.717, 1.165) is 24.3 Å². The number of halogens is 2. The van der Waals surface area contributed by atoms with Gasteiger partial charge in [0.25, 0.3) is 5.91 Å². The van der Waals surface area contributed by atoms with Gasteiger partial charge in [-0.15, -0.1) is 10.2 Å². The Morgan fingerprint density at radius 3 is 2.68 bits per heavy atom. The van der Waals surface area contributed by atoms with E-state index in [9.17, 15) is 4.79 Å². The summed E-state index contributed by atoms with van der Waals surface area (Å²) in [4.78, 5) is 18.5. The number of hydrogen-bond donors (Lipinski definition) is 0. The van der Waals surface area contributed by atoms with E-state index in [1.165, 1.54) is 0 Å². The van der Waals surface area contributed by atoms with E-state index in [-0.39, 0.29) is 22.7 Å². The lowest BCUT2D eigenvalue weighted by molar-refractivity contribution is 0.0705. The topological polar surface area (TPSA) is 63.4 Å². The van der Waals surface area contributed by atoms with Crippen molar-refractivity contribution in [2.24, 2.45) is 0 Å². The van der Waals surface area contributed by atoms with Gasteiger partial charge in [0.05, 0.1) is 5.02 Å². The number of rotatable bonds is 2. The Labute approximate surface area is 154 Å². The molecule has 1 amide bonds. The quantitative estimate of drug-likeness (QED) is 0.643. The van der Waals surface area contributed by atoms with E-state index in [1.54, 1.807) is 17.0 Å². The Bertz CT molecular complexity index is 934. The summed E-state index contributed by atoms with van der Waals surface area (Å²) < 4.78 is 2.01. The first-order valence-corrected chi connectivity index (χ1v) is 8.80. The normalized spacial score (nSPS) is 15.7. The Kier molecular flexibility index (Phi) is 4.31. The van der Waals surface area contributed by atoms with Gasteiger partial charge in [-0.2, -0.15) is 0 Å². The Morgan fingerprint density at radius 2 is 1.88 bits per heavy atom. The highest BCUT2D eigenvalue weighted by molar-refractivity contribution is 6.34. The first-order chi connectivity index (χ1) is 12.1. The van der Waals surface area contributed by atoms with Crippen LogP contribution >= 0.6 is 23.2 Å². The Balaban J connectivity index is 1.50. The van der Waals surface area contributed by atoms with E-state index >= 15 is 0 Å². The van der Waals surface area contributed by atoms with Gasteiger partial charge in [0.1, 0.15) is 16.7 Å². The fourth-order valence-electron chi connectivity index (χ4n) is 3.20. The van der Waals surface area contributed by atoms with Gasteiger partial charge < -0.3 is 4.90 Å². The molecule has 1 saturated heterocycles. The number of pyridine rings is 2. The average Bonchev–Trinajstić information content (AvgIpc) is 3.07. The molecule has 4 heterocycles. The van der Waals surface area contributed by atoms with Crippen molar-refractivity contribution >= 4 is 34.8 Å². The highest BCUT2D eigenvalue weighted by Crippen LogP contribution is 2.28. The standard InChI is InChI=1S/C17H15Cl2N5O/c18-12-4-5-13(19)20-15(12)17(25)23-9-6-11(7-10-23)16-22-21-14-3-1-2-8-24(14)16/h1-5,8,11H,6-7,9-10H2. The highest BCUT2D eigenvalue weighted by atomic mass is 35.5. The lowest BCUT2D eigenvalue weighted by Crippen LogP contribution is -2.38. The van der Waals surface area contributed by atoms with Crippen molar-refractivity contribution < 1.29 is 4.79 Å². The molecular weight excluding hydrogens is 361 g/mol. The summed E-state index contributed by atoms with van der Waals surface area (Å²) in [7, 11) is 0. The zero-order chi connectivity index (χ0) is 17.4. The largest absolute Gasteiger partial charge is 0.337 e. The van der Waals surface area contributed by atoms with Crippen LogP contribution in [-0.2, 0) is 0 Å². The SMILES string of the molecule is O=C(c1nc(Cl)ccc1Cl)N1CCC(c2nnc3ccccn23)CC1. The van der Waals surface area contributed by atoms with E-state index < -0.39 is 0 Å². The maximum Gasteiger partial charge on any atom is 0.274 e. The summed E-state index contributed by atoms with van der Waals surface area (Å²) >= 11 is 12.0. The van der Waals surface area contributed by atoms with Gasteiger partial charge in [-0.25, -0.2) is 4.98 Å². The third-order valence-electron chi connectivity index (χ3n) is 4.50. The van der Waals surface area contributed by atoms with Crippen LogP contribution in [0, 0.1) is 0 Å². The molecule has 1 fully saturated rings. The number of aromatic nitrogens is 4. The molecule has 8 heteroatoms. The van der Waals surface area contributed by atoms with Crippen LogP contribution in [0.4, 0.5) is 0 Å². The van der Waals surface area contributed by atoms with Crippen molar-refractivity contribution in [1.82, 2.24) is 24.5 Å². The summed E-state index contributed by atoms with van der Waals surface area (Å²) in [6.07, 6.45) is 3.61.